The molecular formula is C19H25N3O3. The number of phenolic OH excluding ortho intramolecular Hbond substituents is 1. The lowest BCUT2D eigenvalue weighted by Gasteiger charge is -2.20. The van der Waals surface area contributed by atoms with Gasteiger partial charge in [0.05, 0.1) is 5.92 Å². The largest absolute Gasteiger partial charge is 0.508 e. The number of carbonyl (C=O) groups excluding carboxylic acids is 2. The lowest BCUT2D eigenvalue weighted by molar-refractivity contribution is -0.129. The van der Waals surface area contributed by atoms with Gasteiger partial charge in [0.25, 0.3) is 0 Å². The van der Waals surface area contributed by atoms with Gasteiger partial charge in [-0.1, -0.05) is 0 Å². The number of benzene rings is 1. The number of aromatic nitrogens is 1. The minimum atomic E-state index is -0.258. The summed E-state index contributed by atoms with van der Waals surface area (Å²) in [5.41, 5.74) is 2.13. The molecule has 0 bridgehead atoms. The molecule has 2 amide bonds. The van der Waals surface area contributed by atoms with Crippen LogP contribution < -0.4 is 5.32 Å². The fourth-order valence-corrected chi connectivity index (χ4v) is 3.53. The Morgan fingerprint density at radius 3 is 2.84 bits per heavy atom. The molecule has 6 nitrogen and oxygen atoms in total. The molecule has 3 rings (SSSR count). The van der Waals surface area contributed by atoms with Gasteiger partial charge in [-0.3, -0.25) is 9.59 Å². The maximum absolute atomic E-state index is 12.3. The molecule has 2 heterocycles. The topological polar surface area (TPSA) is 74.6 Å². The van der Waals surface area contributed by atoms with Crippen LogP contribution in [0.2, 0.25) is 0 Å². The van der Waals surface area contributed by atoms with Crippen molar-refractivity contribution in [3.63, 3.8) is 0 Å². The molecule has 2 aromatic rings. The molecule has 1 atom stereocenters. The van der Waals surface area contributed by atoms with E-state index in [4.69, 9.17) is 0 Å². The van der Waals surface area contributed by atoms with Crippen molar-refractivity contribution in [3.8, 4) is 5.75 Å². The Hall–Kier alpha value is -2.50. The molecule has 0 radical (unpaired) electrons. The normalized spacial score (nSPS) is 17.7. The highest BCUT2D eigenvalue weighted by atomic mass is 16.3. The monoisotopic (exact) mass is 343 g/mol. The Morgan fingerprint density at radius 1 is 1.40 bits per heavy atom. The summed E-state index contributed by atoms with van der Waals surface area (Å²) < 4.78 is 2.02. The van der Waals surface area contributed by atoms with Crippen LogP contribution in [-0.4, -0.2) is 45.5 Å². The zero-order valence-electron chi connectivity index (χ0n) is 15.0. The lowest BCUT2D eigenvalue weighted by Crippen LogP contribution is -2.36. The van der Waals surface area contributed by atoms with Crippen molar-refractivity contribution < 1.29 is 14.7 Å². The first-order chi connectivity index (χ1) is 11.9. The SMILES string of the molecule is CC(C)N1CC(C(=O)NCCc2cn(C)c3ccc(O)cc23)CC1=O. The molecule has 25 heavy (non-hydrogen) atoms. The molecule has 1 aromatic heterocycles. The third kappa shape index (κ3) is 3.48. The minimum absolute atomic E-state index is 0.0553. The van der Waals surface area contributed by atoms with Gasteiger partial charge in [0, 0.05) is 49.7 Å². The number of nitrogens with zero attached hydrogens (tertiary/aromatic N) is 2. The molecule has 6 heteroatoms. The van der Waals surface area contributed by atoms with E-state index >= 15 is 0 Å². The van der Waals surface area contributed by atoms with Gasteiger partial charge in [0.2, 0.25) is 11.8 Å². The number of carbonyl (C=O) groups is 2. The van der Waals surface area contributed by atoms with E-state index in [-0.39, 0.29) is 29.5 Å². The van der Waals surface area contributed by atoms with E-state index in [0.29, 0.717) is 25.9 Å². The first-order valence-corrected chi connectivity index (χ1v) is 8.71. The van der Waals surface area contributed by atoms with Crippen LogP contribution in [0.4, 0.5) is 0 Å². The van der Waals surface area contributed by atoms with Gasteiger partial charge in [-0.05, 0) is 44.0 Å². The number of phenols is 1. The number of rotatable bonds is 5. The second-order valence-electron chi connectivity index (χ2n) is 7.05. The number of amides is 2. The summed E-state index contributed by atoms with van der Waals surface area (Å²) in [5, 5.41) is 13.7. The number of nitrogens with one attached hydrogen (secondary N) is 1. The van der Waals surface area contributed by atoms with Crippen LogP contribution in [0.3, 0.4) is 0 Å². The van der Waals surface area contributed by atoms with Crippen molar-refractivity contribution in [1.82, 2.24) is 14.8 Å². The van der Waals surface area contributed by atoms with Crippen LogP contribution in [0.1, 0.15) is 25.8 Å². The summed E-state index contributed by atoms with van der Waals surface area (Å²) in [4.78, 5) is 26.0. The van der Waals surface area contributed by atoms with Crippen LogP contribution in [0.15, 0.2) is 24.4 Å². The summed E-state index contributed by atoms with van der Waals surface area (Å²) in [5.74, 6) is -0.0204. The standard InChI is InChI=1S/C19H25N3O3/c1-12(2)22-11-14(8-18(22)24)19(25)20-7-6-13-10-21(3)17-5-4-15(23)9-16(13)17/h4-5,9-10,12,14,23H,6-8,11H2,1-3H3,(H,20,25). The van der Waals surface area contributed by atoms with Gasteiger partial charge in [0.15, 0.2) is 0 Å². The number of hydrogen-bond donors (Lipinski definition) is 2. The number of aryl methyl sites for hydroxylation is 1. The van der Waals surface area contributed by atoms with Crippen molar-refractivity contribution in [2.24, 2.45) is 13.0 Å². The molecule has 1 saturated heterocycles. The third-order valence-corrected chi connectivity index (χ3v) is 4.90. The molecule has 1 unspecified atom stereocenters. The predicted molar refractivity (Wildman–Crippen MR) is 96.3 cm³/mol. The Morgan fingerprint density at radius 2 is 2.16 bits per heavy atom. The van der Waals surface area contributed by atoms with Crippen LogP contribution in [0, 0.1) is 5.92 Å². The Bertz CT molecular complexity index is 810. The van der Waals surface area contributed by atoms with Gasteiger partial charge in [-0.2, -0.15) is 0 Å². The molecule has 1 fully saturated rings. The molecule has 0 spiro atoms. The Balaban J connectivity index is 1.59. The fourth-order valence-electron chi connectivity index (χ4n) is 3.53. The van der Waals surface area contributed by atoms with E-state index in [1.807, 2.05) is 37.7 Å². The maximum atomic E-state index is 12.3. The molecule has 1 aliphatic heterocycles. The quantitative estimate of drug-likeness (QED) is 0.869. The van der Waals surface area contributed by atoms with Gasteiger partial charge in [-0.25, -0.2) is 0 Å². The Labute approximate surface area is 147 Å². The van der Waals surface area contributed by atoms with Crippen molar-refractivity contribution in [2.45, 2.75) is 32.7 Å². The molecule has 1 aromatic carbocycles. The average molecular weight is 343 g/mol. The molecular weight excluding hydrogens is 318 g/mol. The smallest absolute Gasteiger partial charge is 0.225 e. The van der Waals surface area contributed by atoms with Gasteiger partial charge in [0.1, 0.15) is 5.75 Å². The molecule has 2 N–H and O–H groups in total. The highest BCUT2D eigenvalue weighted by molar-refractivity contribution is 5.89. The summed E-state index contributed by atoms with van der Waals surface area (Å²) in [6.07, 6.45) is 3.00. The van der Waals surface area contributed by atoms with E-state index < -0.39 is 0 Å². The number of aromatic hydroxyl groups is 1. The first-order valence-electron chi connectivity index (χ1n) is 8.71. The summed E-state index contributed by atoms with van der Waals surface area (Å²) in [6, 6.07) is 5.44. The van der Waals surface area contributed by atoms with E-state index in [2.05, 4.69) is 5.32 Å². The maximum Gasteiger partial charge on any atom is 0.225 e. The minimum Gasteiger partial charge on any atom is -0.508 e. The van der Waals surface area contributed by atoms with E-state index in [0.717, 1.165) is 16.5 Å². The zero-order chi connectivity index (χ0) is 18.1. The summed E-state index contributed by atoms with van der Waals surface area (Å²) in [6.45, 7) is 4.95. The highest BCUT2D eigenvalue weighted by Crippen LogP contribution is 2.25. The third-order valence-electron chi connectivity index (χ3n) is 4.90. The van der Waals surface area contributed by atoms with Crippen LogP contribution in [0.5, 0.6) is 5.75 Å². The average Bonchev–Trinajstić information content (AvgIpc) is 3.08. The first kappa shape index (κ1) is 17.3. The molecule has 0 aliphatic carbocycles. The zero-order valence-corrected chi connectivity index (χ0v) is 15.0. The lowest BCUT2D eigenvalue weighted by atomic mass is 10.1. The van der Waals surface area contributed by atoms with Crippen molar-refractivity contribution in [1.29, 1.82) is 0 Å². The highest BCUT2D eigenvalue weighted by Gasteiger charge is 2.35. The fraction of sp³-hybridized carbons (Fsp3) is 0.474. The van der Waals surface area contributed by atoms with Gasteiger partial charge < -0.3 is 19.9 Å². The van der Waals surface area contributed by atoms with Crippen molar-refractivity contribution >= 4 is 22.7 Å². The van der Waals surface area contributed by atoms with Crippen molar-refractivity contribution in [2.75, 3.05) is 13.1 Å². The van der Waals surface area contributed by atoms with Gasteiger partial charge in [-0.15, -0.1) is 0 Å². The molecule has 0 saturated carbocycles. The number of fused-ring (bicyclic) bond motifs is 1. The number of likely N-dealkylation sites (tertiary alicyclic amines) is 1. The van der Waals surface area contributed by atoms with Crippen LogP contribution >= 0.6 is 0 Å². The van der Waals surface area contributed by atoms with Gasteiger partial charge >= 0.3 is 0 Å². The number of hydrogen-bond acceptors (Lipinski definition) is 3. The van der Waals surface area contributed by atoms with Crippen molar-refractivity contribution in [3.05, 3.63) is 30.0 Å². The second-order valence-corrected chi connectivity index (χ2v) is 7.05. The van der Waals surface area contributed by atoms with E-state index in [9.17, 15) is 14.7 Å². The van der Waals surface area contributed by atoms with Crippen LogP contribution in [0.25, 0.3) is 10.9 Å². The predicted octanol–water partition coefficient (Wildman–Crippen LogP) is 1.80. The summed E-state index contributed by atoms with van der Waals surface area (Å²) in [7, 11) is 1.96. The summed E-state index contributed by atoms with van der Waals surface area (Å²) >= 11 is 0. The molecule has 1 aliphatic rings. The Kier molecular flexibility index (Phi) is 4.70. The van der Waals surface area contributed by atoms with E-state index in [1.54, 1.807) is 17.0 Å². The van der Waals surface area contributed by atoms with E-state index in [1.165, 1.54) is 0 Å². The molecule has 134 valence electrons. The van der Waals surface area contributed by atoms with Crippen LogP contribution in [-0.2, 0) is 23.1 Å². The second kappa shape index (κ2) is 6.78.